The molecule has 64 valence electrons. The van der Waals surface area contributed by atoms with Gasteiger partial charge in [-0.15, -0.1) is 0 Å². The van der Waals surface area contributed by atoms with Crippen molar-refractivity contribution >= 4 is 0 Å². The van der Waals surface area contributed by atoms with Crippen molar-refractivity contribution in [1.82, 2.24) is 5.32 Å². The fraction of sp³-hybridized carbons (Fsp3) is 1.00. The summed E-state index contributed by atoms with van der Waals surface area (Å²) in [7, 11) is 1.83. The molecule has 0 unspecified atom stereocenters. The summed E-state index contributed by atoms with van der Waals surface area (Å²) < 4.78 is 10.3. The molecule has 0 aromatic carbocycles. The number of ether oxygens (including phenoxy) is 2. The van der Waals surface area contributed by atoms with E-state index in [1.807, 2.05) is 27.8 Å². The molecule has 0 rings (SSSR count). The summed E-state index contributed by atoms with van der Waals surface area (Å²) in [5, 5.41) is 2.85. The van der Waals surface area contributed by atoms with E-state index in [4.69, 9.17) is 9.47 Å². The van der Waals surface area contributed by atoms with Gasteiger partial charge in [0.15, 0.2) is 0 Å². The second-order valence-electron chi connectivity index (χ2n) is 3.08. The molecule has 0 aliphatic heterocycles. The zero-order valence-electron chi connectivity index (χ0n) is 7.23. The average molecular weight is 149 g/mol. The van der Waals surface area contributed by atoms with Gasteiger partial charge in [-0.3, -0.25) is 5.32 Å². The molecule has 10 heavy (non-hydrogen) atoms. The lowest BCUT2D eigenvalue weighted by molar-refractivity contribution is -0.122. The number of rotatable bonds is 4. The van der Waals surface area contributed by atoms with E-state index in [0.29, 0.717) is 13.5 Å². The largest absolute Gasteiger partial charge is 0.350 e. The van der Waals surface area contributed by atoms with Gasteiger partial charge in [-0.1, -0.05) is 0 Å². The van der Waals surface area contributed by atoms with Gasteiger partial charge in [-0.05, 0) is 27.8 Å². The van der Waals surface area contributed by atoms with Gasteiger partial charge in [0, 0.05) is 1.43 Å². The van der Waals surface area contributed by atoms with E-state index in [9.17, 15) is 0 Å². The smallest absolute Gasteiger partial charge is 0.149 e. The topological polar surface area (TPSA) is 30.5 Å². The second kappa shape index (κ2) is 4.66. The molecule has 0 atom stereocenters. The van der Waals surface area contributed by atoms with Gasteiger partial charge >= 0.3 is 0 Å². The standard InChI is InChI=1S/C7H17NO2.H2/c1-7(2,3)10-6-9-5-8-4;/h8H,5-6H2,1-4H3;1H. The Morgan fingerprint density at radius 2 is 2.00 bits per heavy atom. The molecule has 0 spiro atoms. The lowest BCUT2D eigenvalue weighted by atomic mass is 10.2. The highest BCUT2D eigenvalue weighted by Gasteiger charge is 2.08. The highest BCUT2D eigenvalue weighted by molar-refractivity contribution is 4.56. The van der Waals surface area contributed by atoms with Crippen LogP contribution in [0, 0.1) is 0 Å². The van der Waals surface area contributed by atoms with E-state index in [0.717, 1.165) is 0 Å². The lowest BCUT2D eigenvalue weighted by Crippen LogP contribution is -2.23. The molecular weight excluding hydrogens is 130 g/mol. The zero-order chi connectivity index (χ0) is 8.04. The average Bonchev–Trinajstić information content (AvgIpc) is 1.78. The van der Waals surface area contributed by atoms with Gasteiger partial charge in [0.05, 0.1) is 12.3 Å². The highest BCUT2D eigenvalue weighted by atomic mass is 16.7. The van der Waals surface area contributed by atoms with Crippen LogP contribution in [-0.4, -0.2) is 26.2 Å². The fourth-order valence-electron chi connectivity index (χ4n) is 0.362. The van der Waals surface area contributed by atoms with Crippen LogP contribution < -0.4 is 5.32 Å². The van der Waals surface area contributed by atoms with E-state index in [2.05, 4.69) is 5.32 Å². The van der Waals surface area contributed by atoms with Crippen molar-refractivity contribution in [3.63, 3.8) is 0 Å². The minimum Gasteiger partial charge on any atom is -0.350 e. The molecule has 1 N–H and O–H groups in total. The van der Waals surface area contributed by atoms with Gasteiger partial charge in [-0.2, -0.15) is 0 Å². The van der Waals surface area contributed by atoms with Crippen LogP contribution >= 0.6 is 0 Å². The summed E-state index contributed by atoms with van der Waals surface area (Å²) in [5.74, 6) is 0. The normalized spacial score (nSPS) is 12.0. The van der Waals surface area contributed by atoms with Crippen LogP contribution in [0.25, 0.3) is 0 Å². The third kappa shape index (κ3) is 7.88. The molecule has 0 fully saturated rings. The van der Waals surface area contributed by atoms with Crippen molar-refractivity contribution in [2.45, 2.75) is 26.4 Å². The van der Waals surface area contributed by atoms with E-state index in [-0.39, 0.29) is 7.03 Å². The van der Waals surface area contributed by atoms with Crippen LogP contribution in [0.2, 0.25) is 0 Å². The van der Waals surface area contributed by atoms with E-state index in [1.165, 1.54) is 0 Å². The third-order valence-corrected chi connectivity index (χ3v) is 0.822. The minimum absolute atomic E-state index is 0. The summed E-state index contributed by atoms with van der Waals surface area (Å²) in [6.45, 7) is 6.88. The van der Waals surface area contributed by atoms with Gasteiger partial charge in [0.1, 0.15) is 6.79 Å². The fourth-order valence-corrected chi connectivity index (χ4v) is 0.362. The molecule has 0 aromatic rings. The third-order valence-electron chi connectivity index (χ3n) is 0.822. The molecule has 3 nitrogen and oxygen atoms in total. The Morgan fingerprint density at radius 1 is 1.40 bits per heavy atom. The Hall–Kier alpha value is -0.120. The van der Waals surface area contributed by atoms with Crippen LogP contribution in [0.1, 0.15) is 22.2 Å². The van der Waals surface area contributed by atoms with Crippen LogP contribution in [0.4, 0.5) is 0 Å². The maximum Gasteiger partial charge on any atom is 0.149 e. The number of nitrogens with one attached hydrogen (secondary N) is 1. The zero-order valence-corrected chi connectivity index (χ0v) is 7.23. The van der Waals surface area contributed by atoms with E-state index >= 15 is 0 Å². The van der Waals surface area contributed by atoms with Crippen molar-refractivity contribution in [2.24, 2.45) is 0 Å². The van der Waals surface area contributed by atoms with Crippen molar-refractivity contribution in [3.05, 3.63) is 0 Å². The molecule has 0 radical (unpaired) electrons. The second-order valence-corrected chi connectivity index (χ2v) is 3.08. The maximum absolute atomic E-state index is 5.27. The van der Waals surface area contributed by atoms with Crippen LogP contribution in [-0.2, 0) is 9.47 Å². The maximum atomic E-state index is 5.27. The van der Waals surface area contributed by atoms with Crippen molar-refractivity contribution < 1.29 is 10.9 Å². The predicted octanol–water partition coefficient (Wildman–Crippen LogP) is 1.20. The van der Waals surface area contributed by atoms with Gasteiger partial charge < -0.3 is 9.47 Å². The first-order valence-corrected chi connectivity index (χ1v) is 3.42. The monoisotopic (exact) mass is 149 g/mol. The molecule has 0 bridgehead atoms. The Bertz CT molecular complexity index is 83.0. The molecule has 0 amide bonds. The van der Waals surface area contributed by atoms with Gasteiger partial charge in [0.25, 0.3) is 0 Å². The molecule has 0 heterocycles. The summed E-state index contributed by atoms with van der Waals surface area (Å²) >= 11 is 0. The summed E-state index contributed by atoms with van der Waals surface area (Å²) in [6.07, 6.45) is 0. The van der Waals surface area contributed by atoms with Crippen molar-refractivity contribution in [1.29, 1.82) is 0 Å². The molecule has 0 saturated heterocycles. The molecular formula is C7H19NO2. The molecule has 0 aromatic heterocycles. The first-order valence-electron chi connectivity index (χ1n) is 3.42. The van der Waals surface area contributed by atoms with Gasteiger partial charge in [0.2, 0.25) is 0 Å². The molecule has 0 aliphatic rings. The SMILES string of the molecule is CNCOCOC(C)(C)C.[HH]. The molecule has 0 saturated carbocycles. The quantitative estimate of drug-likeness (QED) is 0.481. The summed E-state index contributed by atoms with van der Waals surface area (Å²) in [4.78, 5) is 0. The van der Waals surface area contributed by atoms with Crippen molar-refractivity contribution in [2.75, 3.05) is 20.6 Å². The summed E-state index contributed by atoms with van der Waals surface area (Å²) in [5.41, 5.74) is -0.103. The number of hydrogen-bond donors (Lipinski definition) is 1. The Labute approximate surface area is 64.2 Å². The lowest BCUT2D eigenvalue weighted by Gasteiger charge is -2.18. The predicted molar refractivity (Wildman–Crippen MR) is 42.8 cm³/mol. The van der Waals surface area contributed by atoms with Crippen LogP contribution in [0.15, 0.2) is 0 Å². The van der Waals surface area contributed by atoms with Crippen molar-refractivity contribution in [3.8, 4) is 0 Å². The van der Waals surface area contributed by atoms with Crippen LogP contribution in [0.5, 0.6) is 0 Å². The van der Waals surface area contributed by atoms with E-state index in [1.54, 1.807) is 0 Å². The first kappa shape index (κ1) is 9.88. The van der Waals surface area contributed by atoms with Gasteiger partial charge in [-0.25, -0.2) is 0 Å². The summed E-state index contributed by atoms with van der Waals surface area (Å²) in [6, 6.07) is 0. The minimum atomic E-state index is -0.103. The number of hydrogen-bond acceptors (Lipinski definition) is 3. The van der Waals surface area contributed by atoms with Crippen LogP contribution in [0.3, 0.4) is 0 Å². The Balaban J connectivity index is 0. The Morgan fingerprint density at radius 3 is 2.40 bits per heavy atom. The Kier molecular flexibility index (Phi) is 4.60. The highest BCUT2D eigenvalue weighted by Crippen LogP contribution is 2.05. The molecule has 3 heteroatoms. The first-order chi connectivity index (χ1) is 4.56. The molecule has 0 aliphatic carbocycles. The van der Waals surface area contributed by atoms with E-state index < -0.39 is 0 Å².